The van der Waals surface area contributed by atoms with Gasteiger partial charge in [-0.15, -0.1) is 11.6 Å². The van der Waals surface area contributed by atoms with Crippen molar-refractivity contribution >= 4 is 29.1 Å². The van der Waals surface area contributed by atoms with Crippen LogP contribution in [0.3, 0.4) is 0 Å². The van der Waals surface area contributed by atoms with Crippen molar-refractivity contribution in [3.05, 3.63) is 5.56 Å². The number of aromatic nitrogens is 2. The summed E-state index contributed by atoms with van der Waals surface area (Å²) in [6.07, 6.45) is 1.82. The summed E-state index contributed by atoms with van der Waals surface area (Å²) >= 11 is 6.15. The van der Waals surface area contributed by atoms with E-state index in [0.717, 1.165) is 25.9 Å². The number of piperidine rings is 1. The van der Waals surface area contributed by atoms with E-state index in [1.165, 1.54) is 0 Å². The van der Waals surface area contributed by atoms with E-state index in [1.807, 2.05) is 14.1 Å². The molecule has 3 rings (SSSR count). The number of nitrogens with two attached hydrogens (primary N) is 1. The highest BCUT2D eigenvalue weighted by Gasteiger charge is 2.31. The van der Waals surface area contributed by atoms with Gasteiger partial charge in [-0.25, -0.2) is 4.68 Å². The Morgan fingerprint density at radius 1 is 1.48 bits per heavy atom. The summed E-state index contributed by atoms with van der Waals surface area (Å²) in [5.41, 5.74) is 6.39. The van der Waals surface area contributed by atoms with Crippen LogP contribution >= 0.6 is 11.6 Å². The molecule has 0 saturated carbocycles. The van der Waals surface area contributed by atoms with E-state index in [0.29, 0.717) is 37.6 Å². The number of anilines is 2. The van der Waals surface area contributed by atoms with Crippen molar-refractivity contribution in [2.45, 2.75) is 36.9 Å². The number of carbonyl (C=O) groups is 1. The van der Waals surface area contributed by atoms with Gasteiger partial charge < -0.3 is 31.3 Å². The van der Waals surface area contributed by atoms with Gasteiger partial charge in [0.2, 0.25) is 0 Å². The van der Waals surface area contributed by atoms with Crippen LogP contribution in [-0.2, 0) is 11.3 Å². The van der Waals surface area contributed by atoms with Crippen LogP contribution in [0.15, 0.2) is 0 Å². The first-order chi connectivity index (χ1) is 13.0. The Kier molecular flexibility index (Phi) is 6.80. The topological polar surface area (TPSA) is 109 Å². The van der Waals surface area contributed by atoms with Crippen LogP contribution in [-0.4, -0.2) is 85.0 Å². The molecule has 1 aromatic heterocycles. The van der Waals surface area contributed by atoms with Crippen molar-refractivity contribution in [3.63, 3.8) is 0 Å². The van der Waals surface area contributed by atoms with Crippen molar-refractivity contribution in [1.29, 1.82) is 0 Å². The minimum absolute atomic E-state index is 0.00910. The lowest BCUT2D eigenvalue weighted by Crippen LogP contribution is -2.54. The number of rotatable bonds is 7. The number of alkyl halides is 1. The molecule has 3 unspecified atom stereocenters. The lowest BCUT2D eigenvalue weighted by Gasteiger charge is -2.33. The summed E-state index contributed by atoms with van der Waals surface area (Å²) in [6, 6.07) is -0.107. The standard InChI is InChI=1S/C17H30ClN7O2/c1-24(2)6-3-7-27-13-4-5-20-9-12(13)22-17(26)14-15(19)23-25-10-11(18)8-21-16(14)25/h11-13,20-21H,3-10H2,1-2H3,(H2,19,23)(H,22,26). The number of fused-ring (bicyclic) bond motifs is 1. The van der Waals surface area contributed by atoms with Gasteiger partial charge in [-0.3, -0.25) is 4.79 Å². The summed E-state index contributed by atoms with van der Waals surface area (Å²) in [7, 11) is 4.09. The second-order valence-corrected chi connectivity index (χ2v) is 8.03. The molecule has 0 aromatic carbocycles. The molecule has 1 saturated heterocycles. The zero-order chi connectivity index (χ0) is 19.4. The van der Waals surface area contributed by atoms with Crippen molar-refractivity contribution in [1.82, 2.24) is 25.3 Å². The Morgan fingerprint density at radius 2 is 2.30 bits per heavy atom. The molecule has 27 heavy (non-hydrogen) atoms. The molecule has 0 aliphatic carbocycles. The molecule has 1 amide bonds. The molecule has 10 heteroatoms. The maximum Gasteiger partial charge on any atom is 0.259 e. The van der Waals surface area contributed by atoms with Gasteiger partial charge >= 0.3 is 0 Å². The van der Waals surface area contributed by atoms with E-state index in [1.54, 1.807) is 4.68 Å². The molecule has 152 valence electrons. The second kappa shape index (κ2) is 9.09. The van der Waals surface area contributed by atoms with E-state index in [9.17, 15) is 4.79 Å². The zero-order valence-corrected chi connectivity index (χ0v) is 16.8. The third-order valence-electron chi connectivity index (χ3n) is 4.89. The summed E-state index contributed by atoms with van der Waals surface area (Å²) < 4.78 is 7.72. The smallest absolute Gasteiger partial charge is 0.259 e. The molecule has 9 nitrogen and oxygen atoms in total. The summed E-state index contributed by atoms with van der Waals surface area (Å²) in [6.45, 7) is 4.33. The van der Waals surface area contributed by atoms with Crippen molar-refractivity contribution in [2.75, 3.05) is 57.9 Å². The average molecular weight is 400 g/mol. The maximum absolute atomic E-state index is 12.9. The number of nitrogens with one attached hydrogen (secondary N) is 3. The van der Waals surface area contributed by atoms with Crippen LogP contribution in [0.5, 0.6) is 0 Å². The van der Waals surface area contributed by atoms with E-state index >= 15 is 0 Å². The quantitative estimate of drug-likeness (QED) is 0.375. The van der Waals surface area contributed by atoms with Gasteiger partial charge in [0.25, 0.3) is 5.91 Å². The maximum atomic E-state index is 12.9. The fourth-order valence-electron chi connectivity index (χ4n) is 3.51. The number of nitrogens with zero attached hydrogens (tertiary/aromatic N) is 3. The van der Waals surface area contributed by atoms with Crippen LogP contribution in [0.1, 0.15) is 23.2 Å². The highest BCUT2D eigenvalue weighted by molar-refractivity contribution is 6.21. The predicted molar refractivity (Wildman–Crippen MR) is 106 cm³/mol. The fraction of sp³-hybridized carbons (Fsp3) is 0.765. The Hall–Kier alpha value is -1.55. The molecular weight excluding hydrogens is 370 g/mol. The largest absolute Gasteiger partial charge is 0.381 e. The first kappa shape index (κ1) is 20.2. The molecule has 0 bridgehead atoms. The van der Waals surface area contributed by atoms with E-state index in [2.05, 4.69) is 25.9 Å². The minimum Gasteiger partial charge on any atom is -0.381 e. The van der Waals surface area contributed by atoms with Crippen LogP contribution in [0.25, 0.3) is 0 Å². The predicted octanol–water partition coefficient (Wildman–Crippen LogP) is -0.0732. The second-order valence-electron chi connectivity index (χ2n) is 7.41. The summed E-state index contributed by atoms with van der Waals surface area (Å²) in [5, 5.41) is 13.7. The number of ether oxygens (including phenoxy) is 1. The van der Waals surface area contributed by atoms with E-state index < -0.39 is 0 Å². The zero-order valence-electron chi connectivity index (χ0n) is 16.0. The van der Waals surface area contributed by atoms with Gasteiger partial charge in [-0.05, 0) is 40.0 Å². The molecule has 2 aliphatic heterocycles. The molecule has 0 spiro atoms. The summed E-state index contributed by atoms with van der Waals surface area (Å²) in [4.78, 5) is 15.0. The Labute approximate surface area is 164 Å². The van der Waals surface area contributed by atoms with Crippen molar-refractivity contribution in [3.8, 4) is 0 Å². The Bertz CT molecular complexity index is 651. The van der Waals surface area contributed by atoms with Crippen LogP contribution in [0.4, 0.5) is 11.6 Å². The van der Waals surface area contributed by atoms with Gasteiger partial charge in [0.05, 0.1) is 24.1 Å². The van der Waals surface area contributed by atoms with Crippen molar-refractivity contribution < 1.29 is 9.53 Å². The van der Waals surface area contributed by atoms with Crippen LogP contribution in [0.2, 0.25) is 0 Å². The molecular formula is C17H30ClN7O2. The normalized spacial score (nSPS) is 25.1. The fourth-order valence-corrected chi connectivity index (χ4v) is 3.72. The average Bonchev–Trinajstić information content (AvgIpc) is 2.94. The van der Waals surface area contributed by atoms with Gasteiger partial charge in [0.15, 0.2) is 5.82 Å². The van der Waals surface area contributed by atoms with Crippen molar-refractivity contribution in [2.24, 2.45) is 0 Å². The number of carbonyl (C=O) groups excluding carboxylic acids is 1. The third kappa shape index (κ3) is 5.04. The molecule has 0 radical (unpaired) electrons. The molecule has 5 N–H and O–H groups in total. The highest BCUT2D eigenvalue weighted by Crippen LogP contribution is 2.26. The lowest BCUT2D eigenvalue weighted by atomic mass is 10.0. The third-order valence-corrected chi connectivity index (χ3v) is 5.18. The molecule has 1 aromatic rings. The number of nitrogen functional groups attached to an aromatic ring is 1. The first-order valence-electron chi connectivity index (χ1n) is 9.48. The monoisotopic (exact) mass is 399 g/mol. The van der Waals surface area contributed by atoms with E-state index in [4.69, 9.17) is 22.1 Å². The van der Waals surface area contributed by atoms with Crippen LogP contribution < -0.4 is 21.7 Å². The lowest BCUT2D eigenvalue weighted by molar-refractivity contribution is 0.00791. The SMILES string of the molecule is CN(C)CCCOC1CCNCC1NC(=O)c1c(N)nn2c1NCC(Cl)C2. The number of hydrogen-bond donors (Lipinski definition) is 4. The number of amides is 1. The van der Waals surface area contributed by atoms with Gasteiger partial charge in [0, 0.05) is 19.7 Å². The molecule has 3 heterocycles. The first-order valence-corrected chi connectivity index (χ1v) is 9.91. The Morgan fingerprint density at radius 3 is 3.07 bits per heavy atom. The van der Waals surface area contributed by atoms with Gasteiger partial charge in [-0.1, -0.05) is 0 Å². The molecule has 3 atom stereocenters. The summed E-state index contributed by atoms with van der Waals surface area (Å²) in [5.74, 6) is 0.618. The van der Waals surface area contributed by atoms with E-state index in [-0.39, 0.29) is 29.2 Å². The Balaban J connectivity index is 1.62. The number of halogens is 1. The number of hydrogen-bond acceptors (Lipinski definition) is 7. The highest BCUT2D eigenvalue weighted by atomic mass is 35.5. The van der Waals surface area contributed by atoms with Gasteiger partial charge in [-0.2, -0.15) is 5.10 Å². The van der Waals surface area contributed by atoms with Gasteiger partial charge in [0.1, 0.15) is 11.4 Å². The molecule has 2 aliphatic rings. The minimum atomic E-state index is -0.232. The molecule has 1 fully saturated rings. The van der Waals surface area contributed by atoms with Crippen LogP contribution in [0, 0.1) is 0 Å².